The van der Waals surface area contributed by atoms with E-state index in [1.807, 2.05) is 24.3 Å². The zero-order chi connectivity index (χ0) is 13.8. The number of amidine groups is 1. The zero-order valence-electron chi connectivity index (χ0n) is 9.70. The molecule has 0 amide bonds. The summed E-state index contributed by atoms with van der Waals surface area (Å²) in [4.78, 5) is 4.26. The summed E-state index contributed by atoms with van der Waals surface area (Å²) in [7, 11) is 0. The fourth-order valence-corrected chi connectivity index (χ4v) is 2.14. The highest BCUT2D eigenvalue weighted by atomic mass is 127. The highest BCUT2D eigenvalue weighted by Crippen LogP contribution is 2.21. The highest BCUT2D eigenvalue weighted by Gasteiger charge is 2.12. The Bertz CT molecular complexity index is 594. The van der Waals surface area contributed by atoms with Gasteiger partial charge in [0, 0.05) is 3.57 Å². The van der Waals surface area contributed by atoms with Gasteiger partial charge in [-0.1, -0.05) is 17.7 Å². The van der Waals surface area contributed by atoms with Gasteiger partial charge in [0.05, 0.1) is 16.3 Å². The summed E-state index contributed by atoms with van der Waals surface area (Å²) in [5, 5.41) is 0.252. The fourth-order valence-electron chi connectivity index (χ4n) is 1.53. The summed E-state index contributed by atoms with van der Waals surface area (Å²) in [6.07, 6.45) is 0. The Balaban J connectivity index is 2.47. The minimum Gasteiger partial charge on any atom is -0.308 e. The van der Waals surface area contributed by atoms with Crippen LogP contribution in [0, 0.1) is 9.39 Å². The van der Waals surface area contributed by atoms with Crippen molar-refractivity contribution in [2.75, 3.05) is 0 Å². The number of nitrogens with one attached hydrogen (secondary N) is 1. The summed E-state index contributed by atoms with van der Waals surface area (Å²) < 4.78 is 14.9. The monoisotopic (exact) mass is 389 g/mol. The van der Waals surface area contributed by atoms with Crippen molar-refractivity contribution in [3.63, 3.8) is 0 Å². The van der Waals surface area contributed by atoms with Crippen LogP contribution in [0.5, 0.6) is 0 Å². The van der Waals surface area contributed by atoms with Gasteiger partial charge in [0.15, 0.2) is 5.84 Å². The van der Waals surface area contributed by atoms with Crippen LogP contribution < -0.4 is 11.3 Å². The Morgan fingerprint density at radius 3 is 2.47 bits per heavy atom. The van der Waals surface area contributed by atoms with E-state index in [0.29, 0.717) is 5.69 Å². The summed E-state index contributed by atoms with van der Waals surface area (Å²) in [5.41, 5.74) is 3.20. The third-order valence-corrected chi connectivity index (χ3v) is 3.44. The Morgan fingerprint density at radius 2 is 1.89 bits per heavy atom. The number of halogens is 3. The third kappa shape index (κ3) is 3.43. The largest absolute Gasteiger partial charge is 0.308 e. The van der Waals surface area contributed by atoms with E-state index in [1.54, 1.807) is 6.07 Å². The lowest BCUT2D eigenvalue weighted by Gasteiger charge is -2.09. The molecule has 2 aromatic carbocycles. The maximum Gasteiger partial charge on any atom is 0.152 e. The van der Waals surface area contributed by atoms with Crippen molar-refractivity contribution in [2.24, 2.45) is 10.8 Å². The summed E-state index contributed by atoms with van der Waals surface area (Å²) in [5.74, 6) is 5.12. The molecule has 2 aromatic rings. The predicted molar refractivity (Wildman–Crippen MR) is 84.1 cm³/mol. The zero-order valence-corrected chi connectivity index (χ0v) is 12.6. The van der Waals surface area contributed by atoms with Crippen LogP contribution in [0.25, 0.3) is 0 Å². The van der Waals surface area contributed by atoms with E-state index in [2.05, 4.69) is 33.0 Å². The van der Waals surface area contributed by atoms with Crippen LogP contribution in [-0.4, -0.2) is 5.84 Å². The molecule has 0 spiro atoms. The molecule has 0 saturated heterocycles. The molecule has 0 aliphatic rings. The second kappa shape index (κ2) is 6.31. The molecule has 2 rings (SSSR count). The van der Waals surface area contributed by atoms with Crippen molar-refractivity contribution in [1.82, 2.24) is 5.43 Å². The Labute approximate surface area is 128 Å². The molecule has 3 N–H and O–H groups in total. The second-order valence-electron chi connectivity index (χ2n) is 3.68. The summed E-state index contributed by atoms with van der Waals surface area (Å²) in [6.45, 7) is 0. The molecule has 0 bridgehead atoms. The Morgan fingerprint density at radius 1 is 1.21 bits per heavy atom. The molecule has 0 unspecified atom stereocenters. The van der Waals surface area contributed by atoms with E-state index in [-0.39, 0.29) is 16.4 Å². The summed E-state index contributed by atoms with van der Waals surface area (Å²) >= 11 is 8.17. The van der Waals surface area contributed by atoms with E-state index in [1.165, 1.54) is 12.1 Å². The van der Waals surface area contributed by atoms with E-state index >= 15 is 0 Å². The molecule has 3 nitrogen and oxygen atoms in total. The maximum atomic E-state index is 13.8. The molecular formula is C13H10ClFIN3. The molecule has 0 aliphatic heterocycles. The van der Waals surface area contributed by atoms with Gasteiger partial charge in [-0.3, -0.25) is 0 Å². The molecule has 19 heavy (non-hydrogen) atoms. The van der Waals surface area contributed by atoms with Crippen LogP contribution in [0.4, 0.5) is 10.1 Å². The first kappa shape index (κ1) is 14.2. The standard InChI is InChI=1S/C13H10ClFIN3/c14-10-2-1-3-11(15)12(10)13(19-17)18-9-6-4-8(16)5-7-9/h1-7H,17H2,(H,18,19). The normalized spacial score (nSPS) is 11.5. The van der Waals surface area contributed by atoms with Crippen molar-refractivity contribution in [2.45, 2.75) is 0 Å². The average Bonchev–Trinajstić information content (AvgIpc) is 2.39. The number of benzene rings is 2. The van der Waals surface area contributed by atoms with E-state index in [9.17, 15) is 4.39 Å². The van der Waals surface area contributed by atoms with Crippen LogP contribution in [0.1, 0.15) is 5.56 Å². The quantitative estimate of drug-likeness (QED) is 0.271. The molecule has 0 atom stereocenters. The van der Waals surface area contributed by atoms with Crippen molar-refractivity contribution in [1.29, 1.82) is 0 Å². The molecule has 0 aliphatic carbocycles. The average molecular weight is 390 g/mol. The minimum absolute atomic E-state index is 0.158. The number of hydrazine groups is 1. The van der Waals surface area contributed by atoms with Gasteiger partial charge >= 0.3 is 0 Å². The number of aliphatic imine (C=N–C) groups is 1. The van der Waals surface area contributed by atoms with Crippen LogP contribution in [0.3, 0.4) is 0 Å². The van der Waals surface area contributed by atoms with E-state index < -0.39 is 5.82 Å². The van der Waals surface area contributed by atoms with E-state index in [0.717, 1.165) is 3.57 Å². The van der Waals surface area contributed by atoms with Crippen molar-refractivity contribution < 1.29 is 4.39 Å². The van der Waals surface area contributed by atoms with Crippen LogP contribution in [-0.2, 0) is 0 Å². The number of nitrogens with zero attached hydrogens (tertiary/aromatic N) is 1. The molecule has 98 valence electrons. The first-order chi connectivity index (χ1) is 9.11. The molecule has 0 aromatic heterocycles. The number of hydrogen-bond donors (Lipinski definition) is 2. The number of nitrogens with two attached hydrogens (primary N) is 1. The van der Waals surface area contributed by atoms with Crippen molar-refractivity contribution in [3.05, 3.63) is 62.4 Å². The number of rotatable bonds is 2. The topological polar surface area (TPSA) is 50.4 Å². The third-order valence-electron chi connectivity index (χ3n) is 2.40. The highest BCUT2D eigenvalue weighted by molar-refractivity contribution is 14.1. The van der Waals surface area contributed by atoms with Gasteiger partial charge in [-0.2, -0.15) is 0 Å². The van der Waals surface area contributed by atoms with Gasteiger partial charge in [0.2, 0.25) is 0 Å². The Hall–Kier alpha value is -1.18. The lowest BCUT2D eigenvalue weighted by Crippen LogP contribution is -2.31. The van der Waals surface area contributed by atoms with Crippen LogP contribution in [0.15, 0.2) is 47.5 Å². The lowest BCUT2D eigenvalue weighted by molar-refractivity contribution is 0.624. The maximum absolute atomic E-state index is 13.8. The molecule has 0 saturated carbocycles. The minimum atomic E-state index is -0.477. The predicted octanol–water partition coefficient (Wildman–Crippen LogP) is 3.63. The molecule has 0 fully saturated rings. The Kier molecular flexibility index (Phi) is 4.73. The molecule has 0 heterocycles. The summed E-state index contributed by atoms with van der Waals surface area (Å²) in [6, 6.07) is 11.8. The molecule has 0 radical (unpaired) electrons. The number of hydrogen-bond acceptors (Lipinski definition) is 2. The van der Waals surface area contributed by atoms with Crippen LogP contribution >= 0.6 is 34.2 Å². The first-order valence-electron chi connectivity index (χ1n) is 5.37. The van der Waals surface area contributed by atoms with Gasteiger partial charge in [-0.05, 0) is 59.0 Å². The van der Waals surface area contributed by atoms with E-state index in [4.69, 9.17) is 17.4 Å². The smallest absolute Gasteiger partial charge is 0.152 e. The van der Waals surface area contributed by atoms with Crippen molar-refractivity contribution >= 4 is 45.7 Å². The lowest BCUT2D eigenvalue weighted by atomic mass is 10.2. The second-order valence-corrected chi connectivity index (χ2v) is 5.33. The SMILES string of the molecule is NNC(=Nc1ccc(I)cc1)c1c(F)cccc1Cl. The van der Waals surface area contributed by atoms with Gasteiger partial charge < -0.3 is 5.43 Å². The molecular weight excluding hydrogens is 380 g/mol. The van der Waals surface area contributed by atoms with Gasteiger partial charge in [0.25, 0.3) is 0 Å². The molecule has 6 heteroatoms. The fraction of sp³-hybridized carbons (Fsp3) is 0. The van der Waals surface area contributed by atoms with Crippen molar-refractivity contribution in [3.8, 4) is 0 Å². The van der Waals surface area contributed by atoms with Gasteiger partial charge in [-0.15, -0.1) is 0 Å². The van der Waals surface area contributed by atoms with Gasteiger partial charge in [0.1, 0.15) is 5.82 Å². The van der Waals surface area contributed by atoms with Gasteiger partial charge in [-0.25, -0.2) is 15.2 Å². The van der Waals surface area contributed by atoms with Crippen LogP contribution in [0.2, 0.25) is 5.02 Å². The first-order valence-corrected chi connectivity index (χ1v) is 6.82.